The molecule has 0 unspecified atom stereocenters. The summed E-state index contributed by atoms with van der Waals surface area (Å²) in [7, 11) is 0. The fourth-order valence-corrected chi connectivity index (χ4v) is 13.4. The Labute approximate surface area is 448 Å². The van der Waals surface area contributed by atoms with E-state index in [1.807, 2.05) is 0 Å². The maximum Gasteiger partial charge on any atom is 0.252 e. The maximum atomic E-state index is 2.69. The van der Waals surface area contributed by atoms with Gasteiger partial charge < -0.3 is 14.4 Å². The van der Waals surface area contributed by atoms with Crippen LogP contribution in [0, 0.1) is 27.7 Å². The smallest absolute Gasteiger partial charge is 0.252 e. The Hall–Kier alpha value is -6.78. The molecule has 2 aliphatic heterocycles. The Morgan fingerprint density at radius 1 is 0.387 bits per heavy atom. The van der Waals surface area contributed by atoms with Crippen molar-refractivity contribution in [2.45, 2.75) is 152 Å². The largest absolute Gasteiger partial charge is 0.311 e. The van der Waals surface area contributed by atoms with Crippen molar-refractivity contribution >= 4 is 79.0 Å². The van der Waals surface area contributed by atoms with Crippen molar-refractivity contribution in [1.29, 1.82) is 0 Å². The molecule has 0 spiro atoms. The zero-order chi connectivity index (χ0) is 53.4. The van der Waals surface area contributed by atoms with Crippen LogP contribution < -0.4 is 26.2 Å². The van der Waals surface area contributed by atoms with E-state index in [4.69, 9.17) is 0 Å². The Morgan fingerprint density at radius 3 is 1.56 bits per heavy atom. The number of aromatic nitrogens is 1. The van der Waals surface area contributed by atoms with Gasteiger partial charge in [0.2, 0.25) is 0 Å². The van der Waals surface area contributed by atoms with Crippen molar-refractivity contribution in [1.82, 2.24) is 4.57 Å². The van der Waals surface area contributed by atoms with E-state index in [1.165, 1.54) is 145 Å². The van der Waals surface area contributed by atoms with Crippen molar-refractivity contribution in [2.75, 3.05) is 9.80 Å². The molecular formula is C71H76BN3. The summed E-state index contributed by atoms with van der Waals surface area (Å²) in [5.41, 5.74) is 30.8. The number of aryl methyl sites for hydroxylation is 4. The molecule has 0 saturated heterocycles. The molecular weight excluding hydrogens is 906 g/mol. The lowest BCUT2D eigenvalue weighted by molar-refractivity contribution is 0.588. The molecule has 9 aromatic rings. The third kappa shape index (κ3) is 7.35. The molecule has 3 aliphatic rings. The van der Waals surface area contributed by atoms with Crippen LogP contribution in [0.3, 0.4) is 0 Å². The van der Waals surface area contributed by atoms with Gasteiger partial charge in [0.15, 0.2) is 0 Å². The van der Waals surface area contributed by atoms with Crippen LogP contribution in [0.25, 0.3) is 38.6 Å². The predicted molar refractivity (Wildman–Crippen MR) is 326 cm³/mol. The topological polar surface area (TPSA) is 11.4 Å². The van der Waals surface area contributed by atoms with E-state index in [0.29, 0.717) is 0 Å². The van der Waals surface area contributed by atoms with E-state index < -0.39 is 0 Å². The molecule has 75 heavy (non-hydrogen) atoms. The van der Waals surface area contributed by atoms with E-state index in [-0.39, 0.29) is 33.8 Å². The van der Waals surface area contributed by atoms with Crippen molar-refractivity contribution < 1.29 is 0 Å². The summed E-state index contributed by atoms with van der Waals surface area (Å²) in [5, 5.41) is 2.59. The summed E-state index contributed by atoms with van der Waals surface area (Å²) in [4.78, 5) is 5.37. The average molecular weight is 982 g/mol. The molecule has 0 atom stereocenters. The van der Waals surface area contributed by atoms with Crippen molar-refractivity contribution in [3.63, 3.8) is 0 Å². The number of rotatable bonds is 3. The summed E-state index contributed by atoms with van der Waals surface area (Å²) in [6.45, 7) is 42.3. The highest BCUT2D eigenvalue weighted by Crippen LogP contribution is 2.53. The zero-order valence-corrected chi connectivity index (χ0v) is 48.1. The standard InChI is InChI=1S/C71H76BN3/c1-41-22-21-23-42(2)65(41)74-58-31-27-45(67(5,6)7)34-52(58)53-39-57-61(40-59(53)74)73(49-28-29-55-51(38-49)50-24-19-20-25-54(50)71(55,17)18)62-36-48(70(14,15)16)37-63-64(62)72(57)56-30-26-46(68(8,9)10)35-60(56)75(63)66-43(3)32-47(33-44(66)4)69(11,12)13/h19-40H,1-18H3. The van der Waals surface area contributed by atoms with E-state index in [1.54, 1.807) is 0 Å². The van der Waals surface area contributed by atoms with Crippen molar-refractivity contribution in [2.24, 2.45) is 0 Å². The molecule has 12 rings (SSSR count). The molecule has 0 N–H and O–H groups in total. The van der Waals surface area contributed by atoms with Gasteiger partial charge in [-0.25, -0.2) is 0 Å². The van der Waals surface area contributed by atoms with Gasteiger partial charge in [0.05, 0.1) is 22.4 Å². The number of anilines is 6. The molecule has 0 bridgehead atoms. The first kappa shape index (κ1) is 49.1. The maximum absolute atomic E-state index is 2.69. The third-order valence-corrected chi connectivity index (χ3v) is 17.6. The first-order chi connectivity index (χ1) is 35.1. The molecule has 1 aliphatic carbocycles. The average Bonchev–Trinajstić information content (AvgIpc) is 3.76. The van der Waals surface area contributed by atoms with Gasteiger partial charge in [0.1, 0.15) is 0 Å². The molecule has 0 radical (unpaired) electrons. The fourth-order valence-electron chi connectivity index (χ4n) is 13.4. The summed E-state index contributed by atoms with van der Waals surface area (Å²) in [5.74, 6) is 0. The van der Waals surface area contributed by atoms with Crippen LogP contribution >= 0.6 is 0 Å². The number of nitrogens with zero attached hydrogens (tertiary/aromatic N) is 3. The second kappa shape index (κ2) is 16.1. The Kier molecular flexibility index (Phi) is 10.6. The second-order valence-electron chi connectivity index (χ2n) is 27.4. The zero-order valence-electron chi connectivity index (χ0n) is 48.1. The van der Waals surface area contributed by atoms with E-state index in [2.05, 4.69) is 272 Å². The van der Waals surface area contributed by atoms with Crippen LogP contribution in [0.5, 0.6) is 0 Å². The number of fused-ring (bicyclic) bond motifs is 10. The highest BCUT2D eigenvalue weighted by Gasteiger charge is 2.46. The van der Waals surface area contributed by atoms with Gasteiger partial charge in [-0.2, -0.15) is 0 Å². The van der Waals surface area contributed by atoms with Gasteiger partial charge in [-0.15, -0.1) is 0 Å². The minimum Gasteiger partial charge on any atom is -0.311 e. The van der Waals surface area contributed by atoms with Crippen LogP contribution in [0.4, 0.5) is 34.1 Å². The van der Waals surface area contributed by atoms with Gasteiger partial charge in [-0.1, -0.05) is 182 Å². The van der Waals surface area contributed by atoms with Gasteiger partial charge in [-0.3, -0.25) is 0 Å². The van der Waals surface area contributed by atoms with Gasteiger partial charge in [0.25, 0.3) is 6.71 Å². The first-order valence-electron chi connectivity index (χ1n) is 27.6. The number of para-hydroxylation sites is 1. The lowest BCUT2D eigenvalue weighted by atomic mass is 9.33. The monoisotopic (exact) mass is 982 g/mol. The van der Waals surface area contributed by atoms with Crippen molar-refractivity contribution in [3.05, 3.63) is 189 Å². The Balaban J connectivity index is 1.27. The van der Waals surface area contributed by atoms with Crippen molar-refractivity contribution in [3.8, 4) is 16.8 Å². The van der Waals surface area contributed by atoms with Crippen LogP contribution in [0.1, 0.15) is 153 Å². The Morgan fingerprint density at radius 2 is 0.920 bits per heavy atom. The molecule has 3 heterocycles. The molecule has 0 amide bonds. The molecule has 8 aromatic carbocycles. The number of hydrogen-bond acceptors (Lipinski definition) is 2. The molecule has 0 saturated carbocycles. The third-order valence-electron chi connectivity index (χ3n) is 17.6. The lowest BCUT2D eigenvalue weighted by Crippen LogP contribution is -2.61. The van der Waals surface area contributed by atoms with Gasteiger partial charge in [-0.05, 0) is 181 Å². The van der Waals surface area contributed by atoms with Crippen LogP contribution in [-0.4, -0.2) is 11.3 Å². The second-order valence-corrected chi connectivity index (χ2v) is 27.4. The number of hydrogen-bond donors (Lipinski definition) is 0. The summed E-state index contributed by atoms with van der Waals surface area (Å²) in [6.07, 6.45) is 0. The highest BCUT2D eigenvalue weighted by molar-refractivity contribution is 7.00. The molecule has 378 valence electrons. The molecule has 3 nitrogen and oxygen atoms in total. The molecule has 4 heteroatoms. The quantitative estimate of drug-likeness (QED) is 0.163. The van der Waals surface area contributed by atoms with E-state index in [9.17, 15) is 0 Å². The summed E-state index contributed by atoms with van der Waals surface area (Å²) in [6, 6.07) is 53.3. The van der Waals surface area contributed by atoms with Crippen LogP contribution in [-0.2, 0) is 27.1 Å². The first-order valence-corrected chi connectivity index (χ1v) is 27.6. The summed E-state index contributed by atoms with van der Waals surface area (Å²) >= 11 is 0. The van der Waals surface area contributed by atoms with Crippen LogP contribution in [0.15, 0.2) is 133 Å². The summed E-state index contributed by atoms with van der Waals surface area (Å²) < 4.78 is 2.59. The highest BCUT2D eigenvalue weighted by atomic mass is 15.2. The van der Waals surface area contributed by atoms with Crippen LogP contribution in [0.2, 0.25) is 0 Å². The predicted octanol–water partition coefficient (Wildman–Crippen LogP) is 17.6. The fraction of sp³-hybridized carbons (Fsp3) is 0.324. The Bertz CT molecular complexity index is 3860. The molecule has 0 fully saturated rings. The number of benzene rings is 8. The minimum absolute atomic E-state index is 0.0134. The van der Waals surface area contributed by atoms with Gasteiger partial charge in [0, 0.05) is 44.6 Å². The minimum atomic E-state index is -0.156. The van der Waals surface area contributed by atoms with E-state index >= 15 is 0 Å². The van der Waals surface area contributed by atoms with Gasteiger partial charge >= 0.3 is 0 Å². The normalized spacial score (nSPS) is 14.8. The lowest BCUT2D eigenvalue weighted by Gasteiger charge is -2.46. The molecule has 1 aromatic heterocycles. The SMILES string of the molecule is Cc1cc(C(C)(C)C)cc(C)c1N1c2cc(C(C)(C)C)ccc2B2c3cc4c5cc(C(C)(C)C)ccc5n(-c5c(C)cccc5C)c4cc3N(c3ccc4c(c3)-c3ccccc3C4(C)C)c3cc(C(C)(C)C)cc1c32. The van der Waals surface area contributed by atoms with E-state index in [0.717, 1.165) is 0 Å².